The molecule has 12 heteroatoms. The van der Waals surface area contributed by atoms with Gasteiger partial charge < -0.3 is 13.0 Å². The van der Waals surface area contributed by atoms with Crippen molar-refractivity contribution in [3.05, 3.63) is 4.13 Å². The number of halogens is 2. The summed E-state index contributed by atoms with van der Waals surface area (Å²) in [4.78, 5) is 0. The Hall–Kier alpha value is -0.143. The van der Waals surface area contributed by atoms with E-state index in [0.717, 1.165) is 21.8 Å². The fraction of sp³-hybridized carbons (Fsp3) is 1.00. The van der Waals surface area contributed by atoms with Crippen molar-refractivity contribution in [3.8, 4) is 0 Å². The fourth-order valence-electron chi connectivity index (χ4n) is 0.863. The maximum absolute atomic E-state index is 11.1. The molecule has 0 spiro atoms. The summed E-state index contributed by atoms with van der Waals surface area (Å²) >= 11 is 0. The van der Waals surface area contributed by atoms with Crippen molar-refractivity contribution in [2.75, 3.05) is 33.8 Å². The van der Waals surface area contributed by atoms with Gasteiger partial charge in [-0.05, 0) is 26.6 Å². The average Bonchev–Trinajstić information content (AvgIpc) is 2.10. The minimum Gasteiger partial charge on any atom is -0.412 e. The predicted molar refractivity (Wildman–Crippen MR) is 80.2 cm³/mol. The van der Waals surface area contributed by atoms with Crippen molar-refractivity contribution in [3.63, 3.8) is 0 Å². The minimum atomic E-state index is -5.62. The molecule has 0 heterocycles. The highest BCUT2D eigenvalue weighted by atomic mass is 32.3. The fourth-order valence-corrected chi connectivity index (χ4v) is 2.42. The molecule has 0 unspecified atom stereocenters. The molecule has 0 aliphatic carbocycles. The van der Waals surface area contributed by atoms with Gasteiger partial charge in [-0.2, -0.15) is 0 Å². The van der Waals surface area contributed by atoms with E-state index in [4.69, 9.17) is 4.43 Å². The molecule has 0 rings (SSSR count). The van der Waals surface area contributed by atoms with Crippen LogP contribution in [0.15, 0.2) is 0 Å². The summed E-state index contributed by atoms with van der Waals surface area (Å²) in [6, 6.07) is 0. The summed E-state index contributed by atoms with van der Waals surface area (Å²) in [7, 11) is -8.03. The van der Waals surface area contributed by atoms with E-state index in [2.05, 4.69) is 40.7 Å². The molecular weight excluding hydrogens is 346 g/mol. The van der Waals surface area contributed by atoms with E-state index in [1.165, 1.54) is 6.54 Å². The molecule has 0 radical (unpaired) electrons. The molecular formula is C9H24F2N2O5S2Si. The van der Waals surface area contributed by atoms with Gasteiger partial charge in [0.1, 0.15) is 6.54 Å². The highest BCUT2D eigenvalue weighted by molar-refractivity contribution is 8.07. The molecule has 130 valence electrons. The van der Waals surface area contributed by atoms with Gasteiger partial charge in [0.05, 0.1) is 27.2 Å². The Labute approximate surface area is 127 Å². The summed E-state index contributed by atoms with van der Waals surface area (Å²) in [6.45, 7) is 12.1. The van der Waals surface area contributed by atoms with E-state index in [1.807, 2.05) is 0 Å². The highest BCUT2D eigenvalue weighted by Gasteiger charge is 2.17. The van der Waals surface area contributed by atoms with E-state index in [-0.39, 0.29) is 0 Å². The number of nitrogens with zero attached hydrogens (tertiary/aromatic N) is 2. The third-order valence-electron chi connectivity index (χ3n) is 2.27. The Kier molecular flexibility index (Phi) is 9.34. The molecule has 21 heavy (non-hydrogen) atoms. The zero-order chi connectivity index (χ0) is 17.5. The van der Waals surface area contributed by atoms with E-state index >= 15 is 0 Å². The number of likely N-dealkylation sites (N-methyl/N-ethyl adjacent to an activating group) is 1. The maximum atomic E-state index is 11.1. The normalized spacial score (nSPS) is 13.5. The standard InChI is InChI=1S/C9H24NOSi.F2NO4S2/c1-7-10(2,3)8-9-11-12(4,5)6;1-8(4,5)3-9(2,6)7/h7-9H2,1-6H3;/q+1;-1. The highest BCUT2D eigenvalue weighted by Crippen LogP contribution is 2.11. The lowest BCUT2D eigenvalue weighted by Crippen LogP contribution is -2.43. The van der Waals surface area contributed by atoms with Gasteiger partial charge in [0.25, 0.3) is 0 Å². The topological polar surface area (TPSA) is 91.6 Å². The van der Waals surface area contributed by atoms with Crippen molar-refractivity contribution in [1.82, 2.24) is 0 Å². The summed E-state index contributed by atoms with van der Waals surface area (Å²) in [5.74, 6) is 0. The zero-order valence-electron chi connectivity index (χ0n) is 13.1. The lowest BCUT2D eigenvalue weighted by Gasteiger charge is -2.29. The van der Waals surface area contributed by atoms with E-state index < -0.39 is 29.1 Å². The molecule has 0 saturated heterocycles. The van der Waals surface area contributed by atoms with Gasteiger partial charge in [-0.15, -0.1) is 7.77 Å². The number of hydrogen-bond acceptors (Lipinski definition) is 5. The smallest absolute Gasteiger partial charge is 0.241 e. The van der Waals surface area contributed by atoms with E-state index in [0.29, 0.717) is 0 Å². The number of rotatable bonds is 7. The summed E-state index contributed by atoms with van der Waals surface area (Å²) in [5, 5.41) is 0. The van der Waals surface area contributed by atoms with Crippen LogP contribution >= 0.6 is 0 Å². The molecule has 0 amide bonds. The van der Waals surface area contributed by atoms with Crippen LogP contribution < -0.4 is 0 Å². The Bertz CT molecular complexity index is 473. The maximum Gasteiger partial charge on any atom is 0.241 e. The summed E-state index contributed by atoms with van der Waals surface area (Å²) < 4.78 is 66.9. The molecule has 0 aliphatic heterocycles. The number of hydrogen-bond donors (Lipinski definition) is 0. The first kappa shape index (κ1) is 23.1. The van der Waals surface area contributed by atoms with E-state index in [9.17, 15) is 24.6 Å². The Morgan fingerprint density at radius 3 is 1.62 bits per heavy atom. The van der Waals surface area contributed by atoms with Gasteiger partial charge in [-0.3, -0.25) is 0 Å². The first-order valence-corrected chi connectivity index (χ1v) is 12.2. The van der Waals surface area contributed by atoms with Crippen molar-refractivity contribution >= 4 is 29.1 Å². The monoisotopic (exact) mass is 370 g/mol. The van der Waals surface area contributed by atoms with Crippen LogP contribution in [0.2, 0.25) is 19.6 Å². The quantitative estimate of drug-likeness (QED) is 0.386. The van der Waals surface area contributed by atoms with E-state index in [1.54, 1.807) is 0 Å². The van der Waals surface area contributed by atoms with Crippen LogP contribution in [0.1, 0.15) is 6.92 Å². The molecule has 0 bridgehead atoms. The minimum absolute atomic E-state index is 0.913. The van der Waals surface area contributed by atoms with Crippen molar-refractivity contribution in [1.29, 1.82) is 0 Å². The van der Waals surface area contributed by atoms with Gasteiger partial charge in [-0.25, -0.2) is 16.8 Å². The summed E-state index contributed by atoms with van der Waals surface area (Å²) in [5.41, 5.74) is 0. The average molecular weight is 371 g/mol. The predicted octanol–water partition coefficient (Wildman–Crippen LogP) is 1.72. The van der Waals surface area contributed by atoms with Gasteiger partial charge in [0.2, 0.25) is 20.8 Å². The Morgan fingerprint density at radius 1 is 1.05 bits per heavy atom. The van der Waals surface area contributed by atoms with Crippen molar-refractivity contribution in [2.24, 2.45) is 0 Å². The molecule has 0 atom stereocenters. The molecule has 0 fully saturated rings. The van der Waals surface area contributed by atoms with Gasteiger partial charge >= 0.3 is 0 Å². The third kappa shape index (κ3) is 22.3. The van der Waals surface area contributed by atoms with Crippen molar-refractivity contribution in [2.45, 2.75) is 26.6 Å². The van der Waals surface area contributed by atoms with Crippen LogP contribution in [0.3, 0.4) is 0 Å². The second-order valence-corrected chi connectivity index (χ2v) is 12.6. The zero-order valence-corrected chi connectivity index (χ0v) is 15.8. The molecule has 0 aromatic heterocycles. The second-order valence-electron chi connectivity index (χ2n) is 5.84. The molecule has 0 N–H and O–H groups in total. The van der Waals surface area contributed by atoms with Crippen LogP contribution in [0.4, 0.5) is 7.77 Å². The van der Waals surface area contributed by atoms with Crippen LogP contribution in [0.25, 0.3) is 4.13 Å². The summed E-state index contributed by atoms with van der Waals surface area (Å²) in [6.07, 6.45) is 0. The van der Waals surface area contributed by atoms with Gasteiger partial charge in [0, 0.05) is 0 Å². The van der Waals surface area contributed by atoms with Crippen molar-refractivity contribution < 1.29 is 33.5 Å². The lowest BCUT2D eigenvalue weighted by molar-refractivity contribution is -0.888. The molecule has 0 aliphatic rings. The first-order valence-electron chi connectivity index (χ1n) is 6.07. The lowest BCUT2D eigenvalue weighted by atomic mass is 10.4. The largest absolute Gasteiger partial charge is 0.412 e. The van der Waals surface area contributed by atoms with Gasteiger partial charge in [0.15, 0.2) is 8.32 Å². The molecule has 0 saturated carbocycles. The molecule has 0 aromatic carbocycles. The second kappa shape index (κ2) is 8.48. The number of quaternary nitrogens is 1. The van der Waals surface area contributed by atoms with Crippen LogP contribution in [-0.4, -0.2) is 63.4 Å². The van der Waals surface area contributed by atoms with Crippen LogP contribution in [0.5, 0.6) is 0 Å². The first-order chi connectivity index (χ1) is 8.97. The van der Waals surface area contributed by atoms with Crippen LogP contribution in [-0.2, 0) is 25.2 Å². The Balaban J connectivity index is 0. The SMILES string of the molecule is CC[N+](C)(C)CCO[Si](C)(C)C.O=S(=O)(F)[N-]S(=O)(=O)F. The third-order valence-corrected chi connectivity index (χ3v) is 4.76. The molecule has 7 nitrogen and oxygen atoms in total. The van der Waals surface area contributed by atoms with Crippen LogP contribution in [0, 0.1) is 0 Å². The Morgan fingerprint density at radius 2 is 1.43 bits per heavy atom. The molecule has 0 aromatic rings. The van der Waals surface area contributed by atoms with Gasteiger partial charge in [-0.1, -0.05) is 0 Å².